The summed E-state index contributed by atoms with van der Waals surface area (Å²) < 4.78 is 205. The maximum Gasteiger partial charge on any atom is 1.00 e. The van der Waals surface area contributed by atoms with Crippen molar-refractivity contribution in [2.75, 3.05) is 0 Å². The number of aliphatic hydroxyl groups excluding tert-OH is 1. The largest absolute Gasteiger partial charge is 1.00 e. The van der Waals surface area contributed by atoms with E-state index in [-0.39, 0.29) is 249 Å². The Morgan fingerprint density at radius 3 is 1.38 bits per heavy atom. The van der Waals surface area contributed by atoms with Gasteiger partial charge in [0.1, 0.15) is 18.3 Å². The summed E-state index contributed by atoms with van der Waals surface area (Å²) in [5, 5.41) is 11.0. The third-order valence-electron chi connectivity index (χ3n) is 24.0. The fraction of sp³-hybridized carbons (Fsp3) is 0.926. The van der Waals surface area contributed by atoms with E-state index < -0.39 is 118 Å². The predicted octanol–water partition coefficient (Wildman–Crippen LogP) is -7.82. The van der Waals surface area contributed by atoms with Crippen LogP contribution in [0.25, 0.3) is 0 Å². The molecule has 0 aromatic rings. The SMILES string of the molecule is CC1=CC(C)(C)[C@@H](/C=C\[C@@H](C)[C@H]2CC[C@H]3[C@@H]4C[C@H](OS(=O)(=O)[O-])[C@H]5C[C@H](O)[C@@H](OS(=O)(=O)[O-])C[C@]5(C)[C@H]4CC[C@]23C)[C@H]1CC[C@@H](C)[C@H]1CC[C@H]2[C@@H]3C[C@H](OS(=O)(=O)[O-])[C@H]4C[C@H](OS(=O)(=O)[O-])[C@@H](OS(=O)(=O)[O-])C[C@]4(C)[C@H]3CC[C@]12C.[Na+].[Na+].[Na+].[Na+].[Na+]. The number of hydrogen-bond donors (Lipinski definition) is 1. The molecular weight excluding hydrogens is 1260 g/mol. The molecule has 31 heteroatoms. The van der Waals surface area contributed by atoms with Crippen molar-refractivity contribution in [1.29, 1.82) is 0 Å². The van der Waals surface area contributed by atoms with Crippen LogP contribution in [0, 0.1) is 110 Å². The molecule has 0 heterocycles. The van der Waals surface area contributed by atoms with Gasteiger partial charge in [-0.25, -0.2) is 42.1 Å². The zero-order valence-corrected chi connectivity index (χ0v) is 66.3. The molecule has 1 N–H and O–H groups in total. The molecule has 24 atom stereocenters. The second kappa shape index (κ2) is 29.1. The number of aliphatic hydroxyl groups is 1. The topological polar surface area (TPSA) is 352 Å². The van der Waals surface area contributed by atoms with Crippen molar-refractivity contribution in [3.05, 3.63) is 23.8 Å². The van der Waals surface area contributed by atoms with Gasteiger partial charge in [-0.3, -0.25) is 20.9 Å². The first-order valence-electron chi connectivity index (χ1n) is 28.8. The molecule has 0 spiro atoms. The summed E-state index contributed by atoms with van der Waals surface area (Å²) in [6, 6.07) is 0. The van der Waals surface area contributed by atoms with Crippen LogP contribution >= 0.6 is 0 Å². The Kier molecular flexibility index (Phi) is 27.8. The van der Waals surface area contributed by atoms with Crippen LogP contribution in [0.2, 0.25) is 0 Å². The summed E-state index contributed by atoms with van der Waals surface area (Å²) in [4.78, 5) is 0. The zero-order valence-electron chi connectivity index (χ0n) is 52.2. The van der Waals surface area contributed by atoms with Crippen LogP contribution in [0.5, 0.6) is 0 Å². The van der Waals surface area contributed by atoms with E-state index in [0.29, 0.717) is 24.7 Å². The van der Waals surface area contributed by atoms with E-state index >= 15 is 0 Å². The number of allylic oxidation sites excluding steroid dienone is 4. The van der Waals surface area contributed by atoms with E-state index in [0.717, 1.165) is 57.8 Å². The van der Waals surface area contributed by atoms with Gasteiger partial charge in [0, 0.05) is 0 Å². The molecule has 0 bridgehead atoms. The number of rotatable bonds is 17. The van der Waals surface area contributed by atoms with E-state index in [9.17, 15) is 70.0 Å². The average molecular weight is 1340 g/mol. The number of fused-ring (bicyclic) bond motifs is 10. The Morgan fingerprint density at radius 1 is 0.518 bits per heavy atom. The standard InChI is InChI=1S/C54H88O21S5.5Na/c1-29(35-14-16-39-34-23-46(72-77(59,60)61)43-25-47(73-78(62,63)64)49(75-80(68,69)70)28-54(43,9)41(34)19-21-51(35,39)6)10-12-32-31(3)26-50(4,5)37(32)13-11-30(2)36-15-17-38-33-22-45(71-76(56,57)58)42-24-44(55)48(74-79(65,66)67)27-53(42,8)40(33)18-20-52(36,38)7;;;;;/h11,13,26,29-30,32-49,55H,10,12,14-25,27-28H2,1-9H3,(H,56,57,58)(H,59,60,61)(H,62,63,64)(H,65,66,67)(H,68,69,70);;;;;/q;5*+1/p-5/b13-11-;;;;;/t29-,30-,32+,33+,34+,35-,36-,37+,38+,39+,40+,41+,42-,43-,44+,45+,46+,47+,48+,49+,51-,52-,53-,54-;;;;;/m1...../s1. The van der Waals surface area contributed by atoms with E-state index in [4.69, 9.17) is 20.9 Å². The fourth-order valence-electron chi connectivity index (χ4n) is 21.1. The zero-order chi connectivity index (χ0) is 59.1. The van der Waals surface area contributed by atoms with Gasteiger partial charge >= 0.3 is 148 Å². The van der Waals surface area contributed by atoms with Crippen LogP contribution in [0.15, 0.2) is 23.8 Å². The van der Waals surface area contributed by atoms with Gasteiger partial charge in [-0.15, -0.1) is 0 Å². The molecule has 0 amide bonds. The van der Waals surface area contributed by atoms with Crippen molar-refractivity contribution in [2.24, 2.45) is 110 Å². The van der Waals surface area contributed by atoms with Crippen molar-refractivity contribution in [1.82, 2.24) is 0 Å². The summed E-state index contributed by atoms with van der Waals surface area (Å²) in [5.74, 6) is -0.0958. The molecule has 0 radical (unpaired) electrons. The molecule has 460 valence electrons. The minimum absolute atomic E-state index is 0. The molecule has 0 saturated heterocycles. The smallest absolute Gasteiger partial charge is 0.726 e. The second-order valence-electron chi connectivity index (χ2n) is 28.2. The summed E-state index contributed by atoms with van der Waals surface area (Å²) in [7, 11) is -26.4. The van der Waals surface area contributed by atoms with E-state index in [1.54, 1.807) is 0 Å². The van der Waals surface area contributed by atoms with Crippen LogP contribution < -0.4 is 148 Å². The van der Waals surface area contributed by atoms with E-state index in [2.05, 4.69) is 66.7 Å². The third kappa shape index (κ3) is 17.2. The first-order valence-corrected chi connectivity index (χ1v) is 35.5. The molecule has 0 aromatic carbocycles. The first kappa shape index (κ1) is 81.2. The van der Waals surface area contributed by atoms with Gasteiger partial charge in [0.05, 0.1) is 18.3 Å². The van der Waals surface area contributed by atoms with Crippen LogP contribution in [-0.2, 0) is 72.9 Å². The van der Waals surface area contributed by atoms with E-state index in [1.165, 1.54) is 5.57 Å². The van der Waals surface area contributed by atoms with Crippen molar-refractivity contribution in [3.63, 3.8) is 0 Å². The molecule has 9 rings (SSSR count). The molecule has 9 aliphatic carbocycles. The van der Waals surface area contributed by atoms with Gasteiger partial charge in [-0.05, 0) is 220 Å². The van der Waals surface area contributed by atoms with Gasteiger partial charge < -0.3 is 27.9 Å². The molecule has 0 aromatic heterocycles. The fourth-order valence-corrected chi connectivity index (χ4v) is 23.7. The first-order chi connectivity index (χ1) is 36.6. The third-order valence-corrected chi connectivity index (χ3v) is 26.4. The molecular formula is C54H83Na5O21S5. The number of hydrogen-bond acceptors (Lipinski definition) is 21. The summed E-state index contributed by atoms with van der Waals surface area (Å²) in [6.45, 7) is 19.8. The van der Waals surface area contributed by atoms with Gasteiger partial charge in [0.15, 0.2) is 0 Å². The molecule has 0 unspecified atom stereocenters. The summed E-state index contributed by atoms with van der Waals surface area (Å²) >= 11 is 0. The quantitative estimate of drug-likeness (QED) is 0.0612. The second-order valence-corrected chi connectivity index (χ2v) is 33.3. The Bertz CT molecular complexity index is 3010. The van der Waals surface area contributed by atoms with Gasteiger partial charge in [-0.2, -0.15) is 0 Å². The Hall–Kier alpha value is 3.79. The van der Waals surface area contributed by atoms with Crippen molar-refractivity contribution < 1.29 is 239 Å². The van der Waals surface area contributed by atoms with Gasteiger partial charge in [0.25, 0.3) is 0 Å². The maximum absolute atomic E-state index is 12.3. The summed E-state index contributed by atoms with van der Waals surface area (Å²) in [5.41, 5.74) is -0.907. The normalized spacial score (nSPS) is 43.8. The molecule has 21 nitrogen and oxygen atoms in total. The van der Waals surface area contributed by atoms with Crippen LogP contribution in [0.4, 0.5) is 0 Å². The van der Waals surface area contributed by atoms with Crippen molar-refractivity contribution in [2.45, 2.75) is 202 Å². The van der Waals surface area contributed by atoms with Gasteiger partial charge in [-0.1, -0.05) is 79.2 Å². The minimum atomic E-state index is -5.44. The van der Waals surface area contributed by atoms with Crippen LogP contribution in [-0.4, -0.2) is 107 Å². The van der Waals surface area contributed by atoms with Gasteiger partial charge in [0.2, 0.25) is 52.0 Å². The maximum atomic E-state index is 12.3. The van der Waals surface area contributed by atoms with Crippen molar-refractivity contribution in [3.8, 4) is 0 Å². The molecule has 85 heavy (non-hydrogen) atoms. The average Bonchev–Trinajstić information content (AvgIpc) is 2.61. The molecule has 0 aliphatic heterocycles. The minimum Gasteiger partial charge on any atom is -0.726 e. The van der Waals surface area contributed by atoms with E-state index in [1.807, 2.05) is 13.8 Å². The predicted molar refractivity (Wildman–Crippen MR) is 282 cm³/mol. The Labute approximate surface area is 617 Å². The Morgan fingerprint density at radius 2 is 0.906 bits per heavy atom. The molecule has 9 aliphatic rings. The molecule has 8 fully saturated rings. The van der Waals surface area contributed by atoms with Crippen LogP contribution in [0.3, 0.4) is 0 Å². The van der Waals surface area contributed by atoms with Crippen LogP contribution in [0.1, 0.15) is 165 Å². The van der Waals surface area contributed by atoms with Crippen molar-refractivity contribution >= 4 is 52.0 Å². The summed E-state index contributed by atoms with van der Waals surface area (Å²) in [6.07, 6.45) is 7.14. The monoisotopic (exact) mass is 1340 g/mol. The molecule has 8 saturated carbocycles. The Balaban J connectivity index is 0.00000310.